The van der Waals surface area contributed by atoms with E-state index < -0.39 is 0 Å². The van der Waals surface area contributed by atoms with Crippen LogP contribution in [-0.2, 0) is 6.42 Å². The molecule has 0 aliphatic carbocycles. The number of rotatable bonds is 4. The van der Waals surface area contributed by atoms with Crippen LogP contribution in [0.1, 0.15) is 11.3 Å². The first-order valence-electron chi connectivity index (χ1n) is 7.24. The minimum absolute atomic E-state index is 0.860. The summed E-state index contributed by atoms with van der Waals surface area (Å²) in [5, 5.41) is 0. The maximum atomic E-state index is 3.92. The highest BCUT2D eigenvalue weighted by Crippen LogP contribution is 2.35. The molecule has 3 rings (SSSR count). The summed E-state index contributed by atoms with van der Waals surface area (Å²) >= 11 is 0. The molecule has 0 unspecified atom stereocenters. The van der Waals surface area contributed by atoms with Gasteiger partial charge in [0.25, 0.3) is 0 Å². The Labute approximate surface area is 126 Å². The van der Waals surface area contributed by atoms with E-state index in [1.807, 2.05) is 12.1 Å². The van der Waals surface area contributed by atoms with Crippen LogP contribution in [0.2, 0.25) is 0 Å². The fourth-order valence-electron chi connectivity index (χ4n) is 2.87. The van der Waals surface area contributed by atoms with Crippen molar-refractivity contribution in [1.29, 1.82) is 0 Å². The molecular weight excluding hydrogens is 254 g/mol. The molecule has 1 aromatic heterocycles. The molecule has 104 valence electrons. The molecule has 1 heterocycles. The van der Waals surface area contributed by atoms with Gasteiger partial charge in [0.05, 0.1) is 0 Å². The zero-order valence-corrected chi connectivity index (χ0v) is 12.3. The Balaban J connectivity index is 2.22. The lowest BCUT2D eigenvalue weighted by Crippen LogP contribution is -1.88. The number of aryl methyl sites for hydroxylation is 1. The average molecular weight is 273 g/mol. The van der Waals surface area contributed by atoms with E-state index in [1.165, 1.54) is 33.6 Å². The molecule has 0 bridgehead atoms. The SMILES string of the molecule is C=CCc1c(-c2ccccc2)[nH]c(C)c1-c1ccccc1. The van der Waals surface area contributed by atoms with Crippen LogP contribution in [0.25, 0.3) is 22.4 Å². The van der Waals surface area contributed by atoms with Gasteiger partial charge in [0.1, 0.15) is 0 Å². The van der Waals surface area contributed by atoms with Gasteiger partial charge in [-0.15, -0.1) is 6.58 Å². The van der Waals surface area contributed by atoms with Gasteiger partial charge in [-0.25, -0.2) is 0 Å². The Morgan fingerprint density at radius 1 is 0.905 bits per heavy atom. The molecule has 2 aromatic carbocycles. The van der Waals surface area contributed by atoms with E-state index >= 15 is 0 Å². The van der Waals surface area contributed by atoms with E-state index in [4.69, 9.17) is 0 Å². The van der Waals surface area contributed by atoms with E-state index in [1.54, 1.807) is 0 Å². The zero-order chi connectivity index (χ0) is 14.7. The molecule has 0 aliphatic heterocycles. The van der Waals surface area contributed by atoms with Gasteiger partial charge in [0.15, 0.2) is 0 Å². The Kier molecular flexibility index (Phi) is 3.74. The Morgan fingerprint density at radius 3 is 2.05 bits per heavy atom. The summed E-state index contributed by atoms with van der Waals surface area (Å²) < 4.78 is 0. The van der Waals surface area contributed by atoms with Crippen molar-refractivity contribution in [2.45, 2.75) is 13.3 Å². The Hall–Kier alpha value is -2.54. The van der Waals surface area contributed by atoms with Crippen molar-refractivity contribution in [3.63, 3.8) is 0 Å². The number of aromatic nitrogens is 1. The van der Waals surface area contributed by atoms with Crippen molar-refractivity contribution in [3.8, 4) is 22.4 Å². The fourth-order valence-corrected chi connectivity index (χ4v) is 2.87. The van der Waals surface area contributed by atoms with Crippen molar-refractivity contribution < 1.29 is 0 Å². The minimum atomic E-state index is 0.860. The summed E-state index contributed by atoms with van der Waals surface area (Å²) in [5.74, 6) is 0. The first-order valence-corrected chi connectivity index (χ1v) is 7.24. The zero-order valence-electron chi connectivity index (χ0n) is 12.3. The van der Waals surface area contributed by atoms with Gasteiger partial charge in [-0.3, -0.25) is 0 Å². The van der Waals surface area contributed by atoms with Gasteiger partial charge in [-0.05, 0) is 30.0 Å². The fraction of sp³-hybridized carbons (Fsp3) is 0.100. The van der Waals surface area contributed by atoms with Crippen LogP contribution >= 0.6 is 0 Å². The second-order valence-electron chi connectivity index (χ2n) is 5.20. The van der Waals surface area contributed by atoms with Crippen molar-refractivity contribution in [2.24, 2.45) is 0 Å². The van der Waals surface area contributed by atoms with Crippen LogP contribution in [-0.4, -0.2) is 4.98 Å². The molecule has 0 aliphatic rings. The summed E-state index contributed by atoms with van der Waals surface area (Å²) in [5.41, 5.74) is 7.50. The summed E-state index contributed by atoms with van der Waals surface area (Å²) in [6.07, 6.45) is 2.83. The summed E-state index contributed by atoms with van der Waals surface area (Å²) in [4.78, 5) is 3.57. The molecule has 1 heteroatoms. The molecule has 1 N–H and O–H groups in total. The third kappa shape index (κ3) is 2.55. The molecule has 21 heavy (non-hydrogen) atoms. The Morgan fingerprint density at radius 2 is 1.48 bits per heavy atom. The van der Waals surface area contributed by atoms with Gasteiger partial charge >= 0.3 is 0 Å². The standard InChI is InChI=1S/C20H19N/c1-3-10-18-19(16-11-6-4-7-12-16)15(2)21-20(18)17-13-8-5-9-14-17/h3-9,11-14,21H,1,10H2,2H3. The molecule has 0 fully saturated rings. The topological polar surface area (TPSA) is 15.8 Å². The molecule has 0 spiro atoms. The summed E-state index contributed by atoms with van der Waals surface area (Å²) in [6.45, 7) is 6.06. The number of aromatic amines is 1. The lowest BCUT2D eigenvalue weighted by atomic mass is 9.96. The van der Waals surface area contributed by atoms with Crippen molar-refractivity contribution in [1.82, 2.24) is 4.98 Å². The van der Waals surface area contributed by atoms with Crippen molar-refractivity contribution in [2.75, 3.05) is 0 Å². The van der Waals surface area contributed by atoms with Gasteiger partial charge in [0.2, 0.25) is 0 Å². The average Bonchev–Trinajstić information content (AvgIpc) is 2.86. The third-order valence-corrected chi connectivity index (χ3v) is 3.76. The van der Waals surface area contributed by atoms with Crippen molar-refractivity contribution >= 4 is 0 Å². The number of allylic oxidation sites excluding steroid dienone is 1. The highest BCUT2D eigenvalue weighted by atomic mass is 14.7. The second-order valence-corrected chi connectivity index (χ2v) is 5.20. The number of benzene rings is 2. The molecule has 0 amide bonds. The van der Waals surface area contributed by atoms with Gasteiger partial charge in [-0.1, -0.05) is 66.7 Å². The van der Waals surface area contributed by atoms with E-state index in [9.17, 15) is 0 Å². The van der Waals surface area contributed by atoms with E-state index in [2.05, 4.69) is 73.1 Å². The molecule has 3 aromatic rings. The van der Waals surface area contributed by atoms with Crippen LogP contribution in [0.3, 0.4) is 0 Å². The van der Waals surface area contributed by atoms with Crippen LogP contribution in [0.5, 0.6) is 0 Å². The molecule has 0 saturated carbocycles. The number of hydrogen-bond acceptors (Lipinski definition) is 0. The van der Waals surface area contributed by atoms with Crippen LogP contribution in [0.15, 0.2) is 73.3 Å². The third-order valence-electron chi connectivity index (χ3n) is 3.76. The van der Waals surface area contributed by atoms with E-state index in [0.29, 0.717) is 0 Å². The minimum Gasteiger partial charge on any atom is -0.358 e. The Bertz CT molecular complexity index is 736. The maximum absolute atomic E-state index is 3.92. The van der Waals surface area contributed by atoms with Crippen LogP contribution in [0.4, 0.5) is 0 Å². The number of H-pyrrole nitrogens is 1. The molecule has 0 radical (unpaired) electrons. The lowest BCUT2D eigenvalue weighted by molar-refractivity contribution is 1.25. The normalized spacial score (nSPS) is 10.5. The van der Waals surface area contributed by atoms with Gasteiger partial charge in [0, 0.05) is 17.0 Å². The van der Waals surface area contributed by atoms with Gasteiger partial charge < -0.3 is 4.98 Å². The predicted octanol–water partition coefficient (Wildman–Crippen LogP) is 5.39. The second kappa shape index (κ2) is 5.84. The van der Waals surface area contributed by atoms with Gasteiger partial charge in [-0.2, -0.15) is 0 Å². The predicted molar refractivity (Wildman–Crippen MR) is 90.3 cm³/mol. The summed E-state index contributed by atoms with van der Waals surface area (Å²) in [7, 11) is 0. The smallest absolute Gasteiger partial charge is 0.0498 e. The van der Waals surface area contributed by atoms with Crippen LogP contribution < -0.4 is 0 Å². The number of hydrogen-bond donors (Lipinski definition) is 1. The first kappa shape index (κ1) is 13.4. The molecule has 0 atom stereocenters. The number of nitrogens with one attached hydrogen (secondary N) is 1. The highest BCUT2D eigenvalue weighted by Gasteiger charge is 2.16. The monoisotopic (exact) mass is 273 g/mol. The highest BCUT2D eigenvalue weighted by molar-refractivity contribution is 5.79. The molecule has 0 saturated heterocycles. The first-order chi connectivity index (χ1) is 10.3. The van der Waals surface area contributed by atoms with Crippen molar-refractivity contribution in [3.05, 3.63) is 84.6 Å². The summed E-state index contributed by atoms with van der Waals surface area (Å²) in [6, 6.07) is 21.0. The van der Waals surface area contributed by atoms with Crippen LogP contribution in [0, 0.1) is 6.92 Å². The van der Waals surface area contributed by atoms with E-state index in [0.717, 1.165) is 6.42 Å². The quantitative estimate of drug-likeness (QED) is 0.614. The largest absolute Gasteiger partial charge is 0.358 e. The lowest BCUT2D eigenvalue weighted by Gasteiger charge is -2.06. The molecule has 1 nitrogen and oxygen atoms in total. The maximum Gasteiger partial charge on any atom is 0.0498 e. The van der Waals surface area contributed by atoms with E-state index in [-0.39, 0.29) is 0 Å². The molecular formula is C20H19N.